The number of pyridine rings is 1. The molecule has 0 bridgehead atoms. The van der Waals surface area contributed by atoms with Crippen molar-refractivity contribution in [3.8, 4) is 0 Å². The van der Waals surface area contributed by atoms with Gasteiger partial charge in [0.05, 0.1) is 4.92 Å². The predicted molar refractivity (Wildman–Crippen MR) is 56.3 cm³/mol. The van der Waals surface area contributed by atoms with Gasteiger partial charge in [-0.05, 0) is 38.5 Å². The SMILES string of the molecule is O=[N+]([O-])c1cc(C(F)F)nc(Br)c1I. The van der Waals surface area contributed by atoms with Crippen molar-refractivity contribution in [2.45, 2.75) is 6.43 Å². The summed E-state index contributed by atoms with van der Waals surface area (Å²) in [6, 6.07) is 0.775. The first kappa shape index (κ1) is 11.7. The summed E-state index contributed by atoms with van der Waals surface area (Å²) >= 11 is 4.54. The highest BCUT2D eigenvalue weighted by Crippen LogP contribution is 2.30. The third kappa shape index (κ3) is 2.35. The summed E-state index contributed by atoms with van der Waals surface area (Å²) in [5.41, 5.74) is -0.980. The molecule has 0 unspecified atom stereocenters. The molecule has 8 heteroatoms. The highest BCUT2D eigenvalue weighted by atomic mass is 127. The molecule has 0 aliphatic carbocycles. The second kappa shape index (κ2) is 4.43. The lowest BCUT2D eigenvalue weighted by Crippen LogP contribution is -1.99. The summed E-state index contributed by atoms with van der Waals surface area (Å²) < 4.78 is 24.7. The first-order chi connectivity index (χ1) is 6.43. The van der Waals surface area contributed by atoms with E-state index in [2.05, 4.69) is 20.9 Å². The van der Waals surface area contributed by atoms with Gasteiger partial charge in [-0.2, -0.15) is 0 Å². The van der Waals surface area contributed by atoms with Crippen molar-refractivity contribution >= 4 is 44.2 Å². The van der Waals surface area contributed by atoms with Crippen molar-refractivity contribution < 1.29 is 13.7 Å². The van der Waals surface area contributed by atoms with Crippen molar-refractivity contribution in [2.75, 3.05) is 0 Å². The summed E-state index contributed by atoms with van der Waals surface area (Å²) in [7, 11) is 0. The Labute approximate surface area is 99.1 Å². The Kier molecular flexibility index (Phi) is 3.70. The van der Waals surface area contributed by atoms with E-state index in [0.717, 1.165) is 6.07 Å². The molecule has 4 nitrogen and oxygen atoms in total. The van der Waals surface area contributed by atoms with Crippen LogP contribution in [0.1, 0.15) is 12.1 Å². The highest BCUT2D eigenvalue weighted by molar-refractivity contribution is 14.1. The number of hydrogen-bond acceptors (Lipinski definition) is 3. The Hall–Kier alpha value is -0.380. The van der Waals surface area contributed by atoms with Crippen LogP contribution in [0, 0.1) is 13.7 Å². The molecule has 0 saturated heterocycles. The monoisotopic (exact) mass is 378 g/mol. The van der Waals surface area contributed by atoms with Crippen LogP contribution in [0.5, 0.6) is 0 Å². The molecule has 0 aromatic carbocycles. The molecule has 0 atom stereocenters. The largest absolute Gasteiger partial charge is 0.287 e. The third-order valence-corrected chi connectivity index (χ3v) is 3.72. The molecule has 1 rings (SSSR count). The summed E-state index contributed by atoms with van der Waals surface area (Å²) in [5, 5.41) is 10.5. The van der Waals surface area contributed by atoms with E-state index in [4.69, 9.17) is 0 Å². The minimum absolute atomic E-state index is 0.0580. The molecule has 0 spiro atoms. The second-order valence-corrected chi connectivity index (χ2v) is 4.06. The maximum atomic E-state index is 12.2. The average molecular weight is 379 g/mol. The van der Waals surface area contributed by atoms with Gasteiger partial charge in [0.15, 0.2) is 0 Å². The fourth-order valence-electron chi connectivity index (χ4n) is 0.748. The van der Waals surface area contributed by atoms with Crippen LogP contribution in [0.3, 0.4) is 0 Å². The minimum atomic E-state index is -2.82. The Morgan fingerprint density at radius 1 is 1.64 bits per heavy atom. The molecule has 0 aliphatic rings. The maximum Gasteiger partial charge on any atom is 0.287 e. The topological polar surface area (TPSA) is 56.0 Å². The molecule has 0 aliphatic heterocycles. The Balaban J connectivity index is 3.35. The van der Waals surface area contributed by atoms with Crippen LogP contribution in [0.4, 0.5) is 14.5 Å². The molecule has 1 aromatic heterocycles. The fraction of sp³-hybridized carbons (Fsp3) is 0.167. The van der Waals surface area contributed by atoms with E-state index in [1.165, 1.54) is 0 Å². The van der Waals surface area contributed by atoms with Gasteiger partial charge in [0.2, 0.25) is 0 Å². The van der Waals surface area contributed by atoms with Crippen LogP contribution < -0.4 is 0 Å². The highest BCUT2D eigenvalue weighted by Gasteiger charge is 2.21. The minimum Gasteiger partial charge on any atom is -0.258 e. The van der Waals surface area contributed by atoms with Gasteiger partial charge in [-0.1, -0.05) is 0 Å². The Morgan fingerprint density at radius 2 is 2.21 bits per heavy atom. The lowest BCUT2D eigenvalue weighted by atomic mass is 10.3. The van der Waals surface area contributed by atoms with Crippen molar-refractivity contribution in [3.63, 3.8) is 0 Å². The van der Waals surface area contributed by atoms with Crippen LogP contribution in [-0.2, 0) is 0 Å². The van der Waals surface area contributed by atoms with Crippen molar-refractivity contribution in [1.29, 1.82) is 0 Å². The molecule has 0 fully saturated rings. The standard InChI is InChI=1S/C6H2BrF2IN2O2/c7-5-4(10)3(12(13)14)1-2(11-5)6(8)9/h1,6H. The van der Waals surface area contributed by atoms with E-state index in [1.54, 1.807) is 22.6 Å². The van der Waals surface area contributed by atoms with Crippen LogP contribution in [0.15, 0.2) is 10.7 Å². The predicted octanol–water partition coefficient (Wildman–Crippen LogP) is 3.29. The molecule has 0 amide bonds. The van der Waals surface area contributed by atoms with Crippen molar-refractivity contribution in [1.82, 2.24) is 4.98 Å². The summed E-state index contributed by atoms with van der Waals surface area (Å²) in [6.07, 6.45) is -2.82. The number of nitro groups is 1. The van der Waals surface area contributed by atoms with Gasteiger partial charge in [0.1, 0.15) is 13.9 Å². The normalized spacial score (nSPS) is 10.6. The number of nitrogens with zero attached hydrogens (tertiary/aromatic N) is 2. The van der Waals surface area contributed by atoms with Crippen molar-refractivity contribution in [2.24, 2.45) is 0 Å². The van der Waals surface area contributed by atoms with E-state index in [-0.39, 0.29) is 13.9 Å². The zero-order valence-electron chi connectivity index (χ0n) is 6.38. The number of halogens is 4. The van der Waals surface area contributed by atoms with Gasteiger partial charge >= 0.3 is 0 Å². The van der Waals surface area contributed by atoms with Gasteiger partial charge in [0.25, 0.3) is 12.1 Å². The Morgan fingerprint density at radius 3 is 2.64 bits per heavy atom. The van der Waals surface area contributed by atoms with E-state index < -0.39 is 17.0 Å². The molecule has 1 heterocycles. The fourth-order valence-corrected chi connectivity index (χ4v) is 1.63. The first-order valence-electron chi connectivity index (χ1n) is 3.22. The van der Waals surface area contributed by atoms with Gasteiger partial charge in [-0.25, -0.2) is 13.8 Å². The molecular weight excluding hydrogens is 377 g/mol. The first-order valence-corrected chi connectivity index (χ1v) is 5.09. The molecular formula is C6H2BrF2IN2O2. The zero-order valence-corrected chi connectivity index (χ0v) is 10.1. The van der Waals surface area contributed by atoms with E-state index in [0.29, 0.717) is 0 Å². The Bertz CT molecular complexity index is 388. The lowest BCUT2D eigenvalue weighted by molar-refractivity contribution is -0.386. The number of rotatable bonds is 2. The van der Waals surface area contributed by atoms with Crippen molar-refractivity contribution in [3.05, 3.63) is 30.0 Å². The van der Waals surface area contributed by atoms with Crippen LogP contribution in [-0.4, -0.2) is 9.91 Å². The second-order valence-electron chi connectivity index (χ2n) is 2.23. The van der Waals surface area contributed by atoms with Crippen LogP contribution in [0.25, 0.3) is 0 Å². The summed E-state index contributed by atoms with van der Waals surface area (Å²) in [5.74, 6) is 0. The summed E-state index contributed by atoms with van der Waals surface area (Å²) in [6.45, 7) is 0. The van der Waals surface area contributed by atoms with Crippen LogP contribution in [0.2, 0.25) is 0 Å². The molecule has 0 radical (unpaired) electrons. The van der Waals surface area contributed by atoms with Crippen LogP contribution >= 0.6 is 38.5 Å². The lowest BCUT2D eigenvalue weighted by Gasteiger charge is -2.02. The van der Waals surface area contributed by atoms with E-state index in [1.807, 2.05) is 0 Å². The van der Waals surface area contributed by atoms with Gasteiger partial charge in [-0.15, -0.1) is 0 Å². The van der Waals surface area contributed by atoms with E-state index >= 15 is 0 Å². The summed E-state index contributed by atoms with van der Waals surface area (Å²) in [4.78, 5) is 13.2. The molecule has 0 saturated carbocycles. The van der Waals surface area contributed by atoms with E-state index in [9.17, 15) is 18.9 Å². The number of aromatic nitrogens is 1. The third-order valence-electron chi connectivity index (χ3n) is 1.34. The number of hydrogen-bond donors (Lipinski definition) is 0. The molecule has 0 N–H and O–H groups in total. The van der Waals surface area contributed by atoms with Gasteiger partial charge in [0, 0.05) is 6.07 Å². The zero-order chi connectivity index (χ0) is 10.9. The molecule has 1 aromatic rings. The maximum absolute atomic E-state index is 12.2. The average Bonchev–Trinajstić information content (AvgIpc) is 2.08. The smallest absolute Gasteiger partial charge is 0.258 e. The quantitative estimate of drug-likeness (QED) is 0.343. The van der Waals surface area contributed by atoms with Gasteiger partial charge < -0.3 is 0 Å². The molecule has 76 valence electrons. The number of alkyl halides is 2. The molecule has 14 heavy (non-hydrogen) atoms. The van der Waals surface area contributed by atoms with Gasteiger partial charge in [-0.3, -0.25) is 10.1 Å².